The summed E-state index contributed by atoms with van der Waals surface area (Å²) < 4.78 is 5.56. The molecule has 0 saturated carbocycles. The number of allylic oxidation sites excluding steroid dienone is 2. The molecule has 0 radical (unpaired) electrons. The fourth-order valence-corrected chi connectivity index (χ4v) is 2.39. The van der Waals surface area contributed by atoms with Crippen molar-refractivity contribution in [3.05, 3.63) is 47.5 Å². The van der Waals surface area contributed by atoms with Crippen LogP contribution in [0.2, 0.25) is 0 Å². The van der Waals surface area contributed by atoms with Crippen LogP contribution in [-0.2, 0) is 22.7 Å². The normalized spacial score (nSPS) is 17.4. The maximum atomic E-state index is 11.9. The van der Waals surface area contributed by atoms with Gasteiger partial charge in [-0.2, -0.15) is 0 Å². The molecular weight excluding hydrogens is 262 g/mol. The van der Waals surface area contributed by atoms with Gasteiger partial charge in [-0.05, 0) is 43.7 Å². The van der Waals surface area contributed by atoms with Crippen molar-refractivity contribution in [3.8, 4) is 0 Å². The summed E-state index contributed by atoms with van der Waals surface area (Å²) in [5.41, 5.74) is 2.29. The third-order valence-corrected chi connectivity index (χ3v) is 3.66. The summed E-state index contributed by atoms with van der Waals surface area (Å²) in [5.74, 6) is 0.569. The molecule has 3 heteroatoms. The number of rotatable bonds is 7. The minimum Gasteiger partial charge on any atom is -0.374 e. The van der Waals surface area contributed by atoms with Gasteiger partial charge in [0.1, 0.15) is 0 Å². The third kappa shape index (κ3) is 5.72. The molecule has 2 rings (SSSR count). The zero-order chi connectivity index (χ0) is 15.1. The van der Waals surface area contributed by atoms with Crippen molar-refractivity contribution in [2.24, 2.45) is 5.92 Å². The van der Waals surface area contributed by atoms with Gasteiger partial charge in [0.15, 0.2) is 0 Å². The van der Waals surface area contributed by atoms with E-state index in [1.807, 2.05) is 13.8 Å². The lowest BCUT2D eigenvalue weighted by molar-refractivity contribution is -0.121. The van der Waals surface area contributed by atoms with E-state index in [9.17, 15) is 4.79 Å². The van der Waals surface area contributed by atoms with Gasteiger partial charge in [0.2, 0.25) is 5.91 Å². The molecule has 1 unspecified atom stereocenters. The molecule has 0 aromatic heterocycles. The van der Waals surface area contributed by atoms with Crippen molar-refractivity contribution in [2.45, 2.75) is 52.4 Å². The number of hydrogen-bond acceptors (Lipinski definition) is 2. The van der Waals surface area contributed by atoms with E-state index < -0.39 is 0 Å². The first-order chi connectivity index (χ1) is 10.1. The summed E-state index contributed by atoms with van der Waals surface area (Å²) in [4.78, 5) is 11.9. The molecule has 0 aliphatic heterocycles. The van der Waals surface area contributed by atoms with Crippen molar-refractivity contribution < 1.29 is 9.53 Å². The van der Waals surface area contributed by atoms with Crippen LogP contribution < -0.4 is 5.32 Å². The van der Waals surface area contributed by atoms with Crippen LogP contribution in [0.15, 0.2) is 36.4 Å². The second-order valence-corrected chi connectivity index (χ2v) is 5.92. The van der Waals surface area contributed by atoms with E-state index >= 15 is 0 Å². The van der Waals surface area contributed by atoms with Crippen LogP contribution in [0.25, 0.3) is 0 Å². The van der Waals surface area contributed by atoms with E-state index in [2.05, 4.69) is 41.7 Å². The Morgan fingerprint density at radius 2 is 2.00 bits per heavy atom. The Morgan fingerprint density at radius 1 is 1.29 bits per heavy atom. The molecule has 3 nitrogen and oxygen atoms in total. The Kier molecular flexibility index (Phi) is 6.00. The third-order valence-electron chi connectivity index (χ3n) is 3.66. The molecule has 0 spiro atoms. The van der Waals surface area contributed by atoms with Crippen LogP contribution in [0.3, 0.4) is 0 Å². The van der Waals surface area contributed by atoms with Crippen molar-refractivity contribution in [1.82, 2.24) is 5.32 Å². The van der Waals surface area contributed by atoms with Crippen molar-refractivity contribution in [2.75, 3.05) is 0 Å². The monoisotopic (exact) mass is 287 g/mol. The minimum atomic E-state index is 0.138. The largest absolute Gasteiger partial charge is 0.374 e. The Balaban J connectivity index is 1.72. The summed E-state index contributed by atoms with van der Waals surface area (Å²) in [5, 5.41) is 2.99. The van der Waals surface area contributed by atoms with Crippen LogP contribution in [0.5, 0.6) is 0 Å². The summed E-state index contributed by atoms with van der Waals surface area (Å²) in [6, 6.07) is 8.22. The molecular formula is C18H25NO2. The Morgan fingerprint density at radius 3 is 2.62 bits per heavy atom. The van der Waals surface area contributed by atoms with Crippen LogP contribution in [0.1, 0.15) is 44.2 Å². The van der Waals surface area contributed by atoms with E-state index in [4.69, 9.17) is 4.74 Å². The smallest absolute Gasteiger partial charge is 0.220 e. The molecule has 0 fully saturated rings. The highest BCUT2D eigenvalue weighted by Gasteiger charge is 2.13. The van der Waals surface area contributed by atoms with Gasteiger partial charge < -0.3 is 10.1 Å². The van der Waals surface area contributed by atoms with E-state index in [1.54, 1.807) is 0 Å². The highest BCUT2D eigenvalue weighted by molar-refractivity contribution is 5.76. The van der Waals surface area contributed by atoms with Crippen LogP contribution in [0, 0.1) is 5.92 Å². The minimum absolute atomic E-state index is 0.138. The van der Waals surface area contributed by atoms with Gasteiger partial charge in [-0.1, -0.05) is 36.4 Å². The maximum absolute atomic E-state index is 11.9. The SMILES string of the molecule is CC(C)OCc1ccc(CNC(=O)CC2C=CCC2)cc1. The lowest BCUT2D eigenvalue weighted by atomic mass is 10.0. The van der Waals surface area contributed by atoms with Gasteiger partial charge in [-0.25, -0.2) is 0 Å². The van der Waals surface area contributed by atoms with E-state index in [0.717, 1.165) is 24.0 Å². The molecule has 114 valence electrons. The van der Waals surface area contributed by atoms with E-state index in [1.165, 1.54) is 0 Å². The molecule has 0 saturated heterocycles. The average molecular weight is 287 g/mol. The fourth-order valence-electron chi connectivity index (χ4n) is 2.39. The number of hydrogen-bond donors (Lipinski definition) is 1. The first-order valence-corrected chi connectivity index (χ1v) is 7.76. The lowest BCUT2D eigenvalue weighted by Gasteiger charge is -2.10. The van der Waals surface area contributed by atoms with Gasteiger partial charge in [0.05, 0.1) is 12.7 Å². The molecule has 1 aromatic carbocycles. The number of nitrogens with one attached hydrogen (secondary N) is 1. The summed E-state index contributed by atoms with van der Waals surface area (Å²) in [7, 11) is 0. The molecule has 1 aliphatic carbocycles. The van der Waals surface area contributed by atoms with Gasteiger partial charge in [-0.3, -0.25) is 4.79 Å². The predicted molar refractivity (Wildman–Crippen MR) is 84.7 cm³/mol. The van der Waals surface area contributed by atoms with Crippen LogP contribution in [-0.4, -0.2) is 12.0 Å². The highest BCUT2D eigenvalue weighted by Crippen LogP contribution is 2.20. The molecule has 21 heavy (non-hydrogen) atoms. The number of ether oxygens (including phenoxy) is 1. The summed E-state index contributed by atoms with van der Waals surface area (Å²) in [6.45, 7) is 5.30. The number of benzene rings is 1. The second-order valence-electron chi connectivity index (χ2n) is 5.92. The first-order valence-electron chi connectivity index (χ1n) is 7.76. The Labute approximate surface area is 127 Å². The molecule has 1 amide bonds. The number of amides is 1. The first kappa shape index (κ1) is 15.8. The van der Waals surface area contributed by atoms with E-state index in [0.29, 0.717) is 25.5 Å². The average Bonchev–Trinajstić information content (AvgIpc) is 2.97. The molecule has 1 N–H and O–H groups in total. The number of carbonyl (C=O) groups excluding carboxylic acids is 1. The summed E-state index contributed by atoms with van der Waals surface area (Å²) in [6.07, 6.45) is 7.39. The van der Waals surface area contributed by atoms with Gasteiger partial charge >= 0.3 is 0 Å². The molecule has 0 bridgehead atoms. The quantitative estimate of drug-likeness (QED) is 0.778. The molecule has 0 heterocycles. The summed E-state index contributed by atoms with van der Waals surface area (Å²) >= 11 is 0. The van der Waals surface area contributed by atoms with Crippen LogP contribution in [0.4, 0.5) is 0 Å². The zero-order valence-electron chi connectivity index (χ0n) is 13.0. The molecule has 1 aliphatic rings. The fraction of sp³-hybridized carbons (Fsp3) is 0.500. The van der Waals surface area contributed by atoms with Gasteiger partial charge in [-0.15, -0.1) is 0 Å². The number of carbonyl (C=O) groups is 1. The highest BCUT2D eigenvalue weighted by atomic mass is 16.5. The second kappa shape index (κ2) is 7.99. The van der Waals surface area contributed by atoms with Crippen LogP contribution >= 0.6 is 0 Å². The Hall–Kier alpha value is -1.61. The van der Waals surface area contributed by atoms with Gasteiger partial charge in [0.25, 0.3) is 0 Å². The van der Waals surface area contributed by atoms with Crippen molar-refractivity contribution in [1.29, 1.82) is 0 Å². The lowest BCUT2D eigenvalue weighted by Crippen LogP contribution is -2.24. The van der Waals surface area contributed by atoms with E-state index in [-0.39, 0.29) is 12.0 Å². The molecule has 1 aromatic rings. The predicted octanol–water partition coefficient (Wildman–Crippen LogP) is 3.58. The Bertz CT molecular complexity index is 476. The van der Waals surface area contributed by atoms with Crippen molar-refractivity contribution in [3.63, 3.8) is 0 Å². The molecule has 1 atom stereocenters. The van der Waals surface area contributed by atoms with Crippen molar-refractivity contribution >= 4 is 5.91 Å². The van der Waals surface area contributed by atoms with Gasteiger partial charge in [0, 0.05) is 13.0 Å². The standard InChI is InChI=1S/C18H25NO2/c1-14(2)21-13-17-9-7-16(8-10-17)12-19-18(20)11-15-5-3-4-6-15/h3,5,7-10,14-15H,4,6,11-13H2,1-2H3,(H,19,20). The zero-order valence-corrected chi connectivity index (χ0v) is 13.0. The maximum Gasteiger partial charge on any atom is 0.220 e. The topological polar surface area (TPSA) is 38.3 Å².